The molecule has 0 spiro atoms. The summed E-state index contributed by atoms with van der Waals surface area (Å²) in [6.07, 6.45) is 5.52. The highest BCUT2D eigenvalue weighted by atomic mass is 16.2. The maximum Gasteiger partial charge on any atom is 0.245 e. The molecule has 3 N–H and O–H groups in total. The zero-order valence-corrected chi connectivity index (χ0v) is 19.5. The van der Waals surface area contributed by atoms with Gasteiger partial charge in [-0.3, -0.25) is 19.8 Å². The quantitative estimate of drug-likeness (QED) is 0.364. The molecule has 2 aliphatic heterocycles. The van der Waals surface area contributed by atoms with E-state index in [1.807, 2.05) is 4.90 Å². The van der Waals surface area contributed by atoms with Crippen LogP contribution in [0, 0.1) is 0 Å². The van der Waals surface area contributed by atoms with Gasteiger partial charge < -0.3 is 14.4 Å². The van der Waals surface area contributed by atoms with Gasteiger partial charge in [-0.05, 0) is 63.0 Å². The number of nitrogens with zero attached hydrogens (tertiary/aromatic N) is 3. The number of rotatable bonds is 8. The van der Waals surface area contributed by atoms with Gasteiger partial charge >= 0.3 is 0 Å². The number of likely N-dealkylation sites (tertiary alicyclic amines) is 2. The first-order valence-corrected chi connectivity index (χ1v) is 12.2. The minimum absolute atomic E-state index is 0.0461. The first-order valence-electron chi connectivity index (χ1n) is 12.2. The van der Waals surface area contributed by atoms with E-state index in [1.54, 1.807) is 4.90 Å². The van der Waals surface area contributed by atoms with Gasteiger partial charge in [0.15, 0.2) is 0 Å². The zero-order valence-electron chi connectivity index (χ0n) is 19.5. The summed E-state index contributed by atoms with van der Waals surface area (Å²) in [4.78, 5) is 41.2. The molecule has 0 bridgehead atoms. The monoisotopic (exact) mass is 453 g/mol. The van der Waals surface area contributed by atoms with Crippen LogP contribution in [0.25, 0.3) is 10.9 Å². The lowest BCUT2D eigenvalue weighted by Crippen LogP contribution is -2.49. The van der Waals surface area contributed by atoms with E-state index in [0.717, 1.165) is 45.2 Å². The highest BCUT2D eigenvalue weighted by Gasteiger charge is 2.39. The number of para-hydroxylation sites is 1. The number of nitrogens with two attached hydrogens (primary N) is 1. The van der Waals surface area contributed by atoms with Crippen LogP contribution in [0.15, 0.2) is 30.3 Å². The van der Waals surface area contributed by atoms with Crippen molar-refractivity contribution in [2.75, 3.05) is 13.1 Å². The average molecular weight is 454 g/mol. The normalized spacial score (nSPS) is 20.5. The number of aromatic nitrogens is 1. The fraction of sp³-hybridized carbons (Fsp3) is 0.560. The van der Waals surface area contributed by atoms with Gasteiger partial charge in [0.1, 0.15) is 6.04 Å². The lowest BCUT2D eigenvalue weighted by molar-refractivity contribution is -0.144. The molecule has 2 saturated heterocycles. The molecule has 3 heterocycles. The first kappa shape index (κ1) is 23.3. The van der Waals surface area contributed by atoms with Crippen LogP contribution in [-0.4, -0.2) is 57.3 Å². The number of aryl methyl sites for hydroxylation is 2. The number of nitrogens with one attached hydrogen (secondary N) is 1. The van der Waals surface area contributed by atoms with Gasteiger partial charge in [-0.1, -0.05) is 18.2 Å². The number of hydrazine groups is 1. The third-order valence-electron chi connectivity index (χ3n) is 7.19. The van der Waals surface area contributed by atoms with Crippen molar-refractivity contribution in [1.82, 2.24) is 19.8 Å². The molecule has 2 fully saturated rings. The van der Waals surface area contributed by atoms with Crippen LogP contribution in [0.4, 0.5) is 0 Å². The standard InChI is InChI=1S/C25H35N5O3/c1-2-28-20(17-18-7-3-4-9-21(18)28)12-11-19-8-5-15-29(19)25(33)22-10-6-16-30(22)24(32)14-13-23(31)27-26/h3-4,7,9,17,19,22H,2,5-6,8,10-16,26H2,1H3,(H,27,31)/t19-,22+/m0/s1. The van der Waals surface area contributed by atoms with Gasteiger partial charge in [-0.2, -0.15) is 0 Å². The molecule has 1 aromatic heterocycles. The Balaban J connectivity index is 1.40. The summed E-state index contributed by atoms with van der Waals surface area (Å²) in [5, 5.41) is 1.26. The Kier molecular flexibility index (Phi) is 7.33. The molecule has 33 heavy (non-hydrogen) atoms. The van der Waals surface area contributed by atoms with Crippen molar-refractivity contribution in [3.05, 3.63) is 36.0 Å². The van der Waals surface area contributed by atoms with E-state index in [9.17, 15) is 14.4 Å². The van der Waals surface area contributed by atoms with E-state index >= 15 is 0 Å². The van der Waals surface area contributed by atoms with E-state index in [1.165, 1.54) is 16.6 Å². The number of hydrogen-bond donors (Lipinski definition) is 2. The Morgan fingerprint density at radius 2 is 1.82 bits per heavy atom. The van der Waals surface area contributed by atoms with Gasteiger partial charge in [0, 0.05) is 49.7 Å². The molecule has 3 amide bonds. The average Bonchev–Trinajstić information content (AvgIpc) is 3.58. The summed E-state index contributed by atoms with van der Waals surface area (Å²) in [6, 6.07) is 10.5. The van der Waals surface area contributed by atoms with Crippen LogP contribution in [0.2, 0.25) is 0 Å². The van der Waals surface area contributed by atoms with Crippen molar-refractivity contribution in [2.24, 2.45) is 5.84 Å². The second-order valence-corrected chi connectivity index (χ2v) is 9.12. The highest BCUT2D eigenvalue weighted by Crippen LogP contribution is 2.29. The molecule has 0 unspecified atom stereocenters. The zero-order chi connectivity index (χ0) is 23.4. The van der Waals surface area contributed by atoms with Gasteiger partial charge in [-0.25, -0.2) is 5.84 Å². The molecule has 0 saturated carbocycles. The van der Waals surface area contributed by atoms with Crippen molar-refractivity contribution in [1.29, 1.82) is 0 Å². The van der Waals surface area contributed by atoms with Crippen molar-refractivity contribution in [3.63, 3.8) is 0 Å². The molecule has 8 heteroatoms. The molecule has 8 nitrogen and oxygen atoms in total. The SMILES string of the molecule is CCn1c(CC[C@@H]2CCCN2C(=O)[C@H]2CCCN2C(=O)CCC(=O)NN)cc2ccccc21. The van der Waals surface area contributed by atoms with Crippen LogP contribution < -0.4 is 11.3 Å². The lowest BCUT2D eigenvalue weighted by atomic mass is 10.1. The van der Waals surface area contributed by atoms with E-state index in [0.29, 0.717) is 13.0 Å². The number of amides is 3. The Hall–Kier alpha value is -2.87. The number of fused-ring (bicyclic) bond motifs is 1. The summed E-state index contributed by atoms with van der Waals surface area (Å²) in [6.45, 7) is 4.44. The molecule has 2 aliphatic rings. The van der Waals surface area contributed by atoms with Crippen LogP contribution in [0.5, 0.6) is 0 Å². The maximum absolute atomic E-state index is 13.5. The number of carbonyl (C=O) groups is 3. The summed E-state index contributed by atoms with van der Waals surface area (Å²) in [7, 11) is 0. The summed E-state index contributed by atoms with van der Waals surface area (Å²) < 4.78 is 2.37. The van der Waals surface area contributed by atoms with Gasteiger partial charge in [0.25, 0.3) is 0 Å². The number of hydrogen-bond acceptors (Lipinski definition) is 4. The second-order valence-electron chi connectivity index (χ2n) is 9.12. The molecule has 2 atom stereocenters. The highest BCUT2D eigenvalue weighted by molar-refractivity contribution is 5.90. The third-order valence-corrected chi connectivity index (χ3v) is 7.19. The molecular formula is C25H35N5O3. The molecule has 1 aromatic carbocycles. The predicted octanol–water partition coefficient (Wildman–Crippen LogP) is 2.35. The third kappa shape index (κ3) is 4.90. The number of benzene rings is 1. The lowest BCUT2D eigenvalue weighted by Gasteiger charge is -2.31. The van der Waals surface area contributed by atoms with Crippen LogP contribution in [-0.2, 0) is 27.3 Å². The van der Waals surface area contributed by atoms with E-state index in [4.69, 9.17) is 5.84 Å². The van der Waals surface area contributed by atoms with Crippen molar-refractivity contribution >= 4 is 28.6 Å². The summed E-state index contributed by atoms with van der Waals surface area (Å²) in [5.41, 5.74) is 4.63. The minimum atomic E-state index is -0.402. The minimum Gasteiger partial charge on any atom is -0.345 e. The van der Waals surface area contributed by atoms with E-state index < -0.39 is 6.04 Å². The molecule has 0 aliphatic carbocycles. The van der Waals surface area contributed by atoms with E-state index in [2.05, 4.69) is 47.2 Å². The Morgan fingerprint density at radius 1 is 1.06 bits per heavy atom. The van der Waals surface area contributed by atoms with Crippen molar-refractivity contribution in [3.8, 4) is 0 Å². The smallest absolute Gasteiger partial charge is 0.245 e. The fourth-order valence-corrected chi connectivity index (χ4v) is 5.54. The molecule has 2 aromatic rings. The molecular weight excluding hydrogens is 418 g/mol. The second kappa shape index (κ2) is 10.4. The number of carbonyl (C=O) groups excluding carboxylic acids is 3. The Morgan fingerprint density at radius 3 is 2.61 bits per heavy atom. The van der Waals surface area contributed by atoms with E-state index in [-0.39, 0.29) is 36.6 Å². The fourth-order valence-electron chi connectivity index (χ4n) is 5.54. The maximum atomic E-state index is 13.5. The summed E-state index contributed by atoms with van der Waals surface area (Å²) >= 11 is 0. The first-order chi connectivity index (χ1) is 16.0. The Labute approximate surface area is 195 Å². The molecule has 178 valence electrons. The Bertz CT molecular complexity index is 1020. The van der Waals surface area contributed by atoms with Crippen molar-refractivity contribution < 1.29 is 14.4 Å². The van der Waals surface area contributed by atoms with Gasteiger partial charge in [0.2, 0.25) is 17.7 Å². The van der Waals surface area contributed by atoms with Crippen LogP contribution in [0.3, 0.4) is 0 Å². The van der Waals surface area contributed by atoms with Crippen molar-refractivity contribution in [2.45, 2.75) is 76.9 Å². The molecule has 4 rings (SSSR count). The van der Waals surface area contributed by atoms with Crippen LogP contribution >= 0.6 is 0 Å². The topological polar surface area (TPSA) is 101 Å². The van der Waals surface area contributed by atoms with Crippen LogP contribution in [0.1, 0.15) is 57.6 Å². The predicted molar refractivity (Wildman–Crippen MR) is 127 cm³/mol. The summed E-state index contributed by atoms with van der Waals surface area (Å²) in [5.74, 6) is 4.67. The van der Waals surface area contributed by atoms with Gasteiger partial charge in [0.05, 0.1) is 0 Å². The largest absolute Gasteiger partial charge is 0.345 e. The molecule has 0 radical (unpaired) electrons. The van der Waals surface area contributed by atoms with Gasteiger partial charge in [-0.15, -0.1) is 0 Å².